The number of benzene rings is 2. The second-order valence-electron chi connectivity index (χ2n) is 7.02. The number of nitrogens with one attached hydrogen (secondary N) is 4. The lowest BCUT2D eigenvalue weighted by Gasteiger charge is -2.11. The summed E-state index contributed by atoms with van der Waals surface area (Å²) in [4.78, 5) is 31.7. The number of imidazole rings is 2. The van der Waals surface area contributed by atoms with E-state index >= 15 is 0 Å². The van der Waals surface area contributed by atoms with Gasteiger partial charge >= 0.3 is 0 Å². The average Bonchev–Trinajstić information content (AvgIpc) is 3.48. The molecule has 5 aromatic rings. The minimum absolute atomic E-state index is 0.116. The van der Waals surface area contributed by atoms with Crippen molar-refractivity contribution in [2.75, 3.05) is 16.0 Å². The molecular weight excluding hydrogens is 406 g/mol. The summed E-state index contributed by atoms with van der Waals surface area (Å²) in [6.07, 6.45) is 6.95. The summed E-state index contributed by atoms with van der Waals surface area (Å²) in [5.41, 5.74) is 4.60. The Kier molecular flexibility index (Phi) is 4.92. The van der Waals surface area contributed by atoms with E-state index < -0.39 is 0 Å². The molecule has 32 heavy (non-hydrogen) atoms. The highest BCUT2D eigenvalue weighted by atomic mass is 16.1. The van der Waals surface area contributed by atoms with Gasteiger partial charge in [0.2, 0.25) is 11.9 Å². The van der Waals surface area contributed by atoms with E-state index in [0.29, 0.717) is 22.9 Å². The van der Waals surface area contributed by atoms with Gasteiger partial charge in [0.15, 0.2) is 11.5 Å². The summed E-state index contributed by atoms with van der Waals surface area (Å²) in [7, 11) is 0. The minimum atomic E-state index is -0.116. The Hall–Kier alpha value is -4.73. The van der Waals surface area contributed by atoms with Gasteiger partial charge in [-0.3, -0.25) is 4.79 Å². The molecule has 0 spiro atoms. The molecule has 0 saturated carbocycles. The first-order valence-corrected chi connectivity index (χ1v) is 9.85. The largest absolute Gasteiger partial charge is 0.340 e. The SMILES string of the molecule is CC(=O)Nc1ccc(Nc2nc(Nc3ccc(-n4ccnc4)cc3)nc3nc[nH]c23)cc1. The zero-order chi connectivity index (χ0) is 21.9. The lowest BCUT2D eigenvalue weighted by molar-refractivity contribution is -0.114. The average molecular weight is 425 g/mol. The van der Waals surface area contributed by atoms with E-state index in [9.17, 15) is 4.79 Å². The van der Waals surface area contributed by atoms with E-state index in [1.54, 1.807) is 18.9 Å². The number of carbonyl (C=O) groups is 1. The van der Waals surface area contributed by atoms with Gasteiger partial charge in [0.05, 0.1) is 12.7 Å². The maximum absolute atomic E-state index is 11.2. The lowest BCUT2D eigenvalue weighted by atomic mass is 10.2. The Bertz CT molecular complexity index is 1360. The second-order valence-corrected chi connectivity index (χ2v) is 7.02. The first-order valence-electron chi connectivity index (χ1n) is 9.85. The predicted molar refractivity (Wildman–Crippen MR) is 123 cm³/mol. The number of rotatable bonds is 6. The molecule has 3 heterocycles. The lowest BCUT2D eigenvalue weighted by Crippen LogP contribution is -2.05. The van der Waals surface area contributed by atoms with Crippen LogP contribution in [0.15, 0.2) is 73.6 Å². The van der Waals surface area contributed by atoms with Gasteiger partial charge < -0.3 is 25.5 Å². The highest BCUT2D eigenvalue weighted by Crippen LogP contribution is 2.25. The summed E-state index contributed by atoms with van der Waals surface area (Å²) in [5, 5.41) is 9.26. The number of nitrogens with zero attached hydrogens (tertiary/aromatic N) is 5. The number of anilines is 5. The van der Waals surface area contributed by atoms with Crippen molar-refractivity contribution in [3.05, 3.63) is 73.6 Å². The van der Waals surface area contributed by atoms with Gasteiger partial charge in [-0.1, -0.05) is 0 Å². The van der Waals surface area contributed by atoms with Crippen LogP contribution < -0.4 is 16.0 Å². The van der Waals surface area contributed by atoms with Crippen LogP contribution in [0.4, 0.5) is 28.8 Å². The van der Waals surface area contributed by atoms with Crippen LogP contribution in [-0.2, 0) is 4.79 Å². The van der Waals surface area contributed by atoms with E-state index in [1.807, 2.05) is 59.3 Å². The third-order valence-electron chi connectivity index (χ3n) is 4.68. The van der Waals surface area contributed by atoms with Crippen LogP contribution in [0.5, 0.6) is 0 Å². The van der Waals surface area contributed by atoms with E-state index in [4.69, 9.17) is 0 Å². The normalized spacial score (nSPS) is 10.8. The van der Waals surface area contributed by atoms with Crippen molar-refractivity contribution < 1.29 is 4.79 Å². The molecule has 0 bridgehead atoms. The van der Waals surface area contributed by atoms with Gasteiger partial charge in [0.1, 0.15) is 5.52 Å². The summed E-state index contributed by atoms with van der Waals surface area (Å²) >= 11 is 0. The van der Waals surface area contributed by atoms with E-state index in [0.717, 1.165) is 22.7 Å². The van der Waals surface area contributed by atoms with Crippen LogP contribution in [0.25, 0.3) is 16.9 Å². The van der Waals surface area contributed by atoms with Gasteiger partial charge in [-0.25, -0.2) is 9.97 Å². The van der Waals surface area contributed by atoms with Crippen LogP contribution in [0.1, 0.15) is 6.92 Å². The fraction of sp³-hybridized carbons (Fsp3) is 0.0455. The molecule has 3 aromatic heterocycles. The highest BCUT2D eigenvalue weighted by Gasteiger charge is 2.11. The van der Waals surface area contributed by atoms with Gasteiger partial charge in [-0.15, -0.1) is 0 Å². The van der Waals surface area contributed by atoms with Crippen molar-refractivity contribution in [3.8, 4) is 5.69 Å². The number of H-pyrrole nitrogens is 1. The third-order valence-corrected chi connectivity index (χ3v) is 4.68. The molecule has 2 aromatic carbocycles. The summed E-state index contributed by atoms with van der Waals surface area (Å²) in [6, 6.07) is 15.2. The Balaban J connectivity index is 1.38. The molecule has 0 saturated heterocycles. The van der Waals surface area contributed by atoms with E-state index in [1.165, 1.54) is 6.92 Å². The second kappa shape index (κ2) is 8.19. The molecular formula is C22H19N9O. The maximum atomic E-state index is 11.2. The molecule has 10 nitrogen and oxygen atoms in total. The fourth-order valence-electron chi connectivity index (χ4n) is 3.21. The zero-order valence-electron chi connectivity index (χ0n) is 17.1. The van der Waals surface area contributed by atoms with E-state index in [2.05, 4.69) is 40.9 Å². The molecule has 0 radical (unpaired) electrons. The van der Waals surface area contributed by atoms with Crippen LogP contribution in [0, 0.1) is 0 Å². The molecule has 0 fully saturated rings. The van der Waals surface area contributed by atoms with Crippen LogP contribution in [0.3, 0.4) is 0 Å². The number of hydrogen-bond donors (Lipinski definition) is 4. The standard InChI is InChI=1S/C22H19N9O/c1-14(32)26-15-2-4-16(5-3-15)27-21-19-20(25-12-24-19)29-22(30-21)28-17-6-8-18(9-7-17)31-11-10-23-13-31/h2-13H,1H3,(H,26,32)(H3,24,25,27,28,29,30). The van der Waals surface area contributed by atoms with Gasteiger partial charge in [-0.2, -0.15) is 9.97 Å². The molecule has 0 aliphatic rings. The van der Waals surface area contributed by atoms with Crippen molar-refractivity contribution in [1.82, 2.24) is 29.5 Å². The topological polar surface area (TPSA) is 125 Å². The number of aromatic amines is 1. The maximum Gasteiger partial charge on any atom is 0.231 e. The van der Waals surface area contributed by atoms with Crippen molar-refractivity contribution in [1.29, 1.82) is 0 Å². The summed E-state index contributed by atoms with van der Waals surface area (Å²) in [5.74, 6) is 0.879. The van der Waals surface area contributed by atoms with Crippen molar-refractivity contribution in [2.45, 2.75) is 6.92 Å². The Morgan fingerprint density at radius 2 is 1.66 bits per heavy atom. The van der Waals surface area contributed by atoms with Crippen molar-refractivity contribution >= 4 is 45.9 Å². The summed E-state index contributed by atoms with van der Waals surface area (Å²) < 4.78 is 1.93. The van der Waals surface area contributed by atoms with Crippen molar-refractivity contribution in [2.24, 2.45) is 0 Å². The third kappa shape index (κ3) is 4.10. The number of carbonyl (C=O) groups excluding carboxylic acids is 1. The number of fused-ring (bicyclic) bond motifs is 1. The fourth-order valence-corrected chi connectivity index (χ4v) is 3.21. The summed E-state index contributed by atoms with van der Waals surface area (Å²) in [6.45, 7) is 1.47. The predicted octanol–water partition coefficient (Wildman–Crippen LogP) is 3.98. The molecule has 10 heteroatoms. The first kappa shape index (κ1) is 19.2. The number of amides is 1. The monoisotopic (exact) mass is 425 g/mol. The van der Waals surface area contributed by atoms with Crippen LogP contribution in [-0.4, -0.2) is 35.4 Å². The molecule has 0 aliphatic carbocycles. The molecule has 0 unspecified atom stereocenters. The Morgan fingerprint density at radius 3 is 2.38 bits per heavy atom. The Morgan fingerprint density at radius 1 is 0.938 bits per heavy atom. The number of aromatic nitrogens is 6. The molecule has 158 valence electrons. The van der Waals surface area contributed by atoms with Crippen LogP contribution in [0.2, 0.25) is 0 Å². The van der Waals surface area contributed by atoms with Crippen LogP contribution >= 0.6 is 0 Å². The quantitative estimate of drug-likeness (QED) is 0.324. The molecule has 4 N–H and O–H groups in total. The van der Waals surface area contributed by atoms with Gasteiger partial charge in [0, 0.05) is 42.1 Å². The molecule has 1 amide bonds. The van der Waals surface area contributed by atoms with Gasteiger partial charge in [0.25, 0.3) is 0 Å². The molecule has 0 atom stereocenters. The highest BCUT2D eigenvalue weighted by molar-refractivity contribution is 5.89. The minimum Gasteiger partial charge on any atom is -0.340 e. The van der Waals surface area contributed by atoms with Crippen molar-refractivity contribution in [3.63, 3.8) is 0 Å². The van der Waals surface area contributed by atoms with Gasteiger partial charge in [-0.05, 0) is 48.5 Å². The number of hydrogen-bond acceptors (Lipinski definition) is 7. The molecule has 0 aliphatic heterocycles. The zero-order valence-corrected chi connectivity index (χ0v) is 17.1. The van der Waals surface area contributed by atoms with E-state index in [-0.39, 0.29) is 5.91 Å². The molecule has 5 rings (SSSR count). The smallest absolute Gasteiger partial charge is 0.231 e. The Labute approximate surface area is 182 Å². The first-order chi connectivity index (χ1) is 15.6.